The van der Waals surface area contributed by atoms with Crippen LogP contribution in [0.25, 0.3) is 21.5 Å². The van der Waals surface area contributed by atoms with Gasteiger partial charge in [0.1, 0.15) is 5.01 Å². The van der Waals surface area contributed by atoms with Crippen LogP contribution in [0, 0.1) is 0 Å². The lowest BCUT2D eigenvalue weighted by atomic mass is 10.1. The number of carboxylic acids is 1. The number of nitrogens with one attached hydrogen (secondary N) is 1. The average Bonchev–Trinajstić information content (AvgIpc) is 3.23. The number of rotatable bonds is 5. The molecule has 0 radical (unpaired) electrons. The molecule has 0 bridgehead atoms. The van der Waals surface area contributed by atoms with Crippen LogP contribution >= 0.6 is 27.3 Å². The number of fused-ring (bicyclic) bond motifs is 1. The molecule has 8 heteroatoms. The molecular weight excluding hydrogens is 442 g/mol. The predicted molar refractivity (Wildman–Crippen MR) is 113 cm³/mol. The van der Waals surface area contributed by atoms with Crippen molar-refractivity contribution in [3.05, 3.63) is 69.8 Å². The fraction of sp³-hybridized carbons (Fsp3) is 0.0500. The van der Waals surface area contributed by atoms with Gasteiger partial charge in [0.15, 0.2) is 0 Å². The van der Waals surface area contributed by atoms with Crippen molar-refractivity contribution in [2.75, 3.05) is 5.32 Å². The number of aromatic nitrogens is 2. The molecule has 0 atom stereocenters. The van der Waals surface area contributed by atoms with E-state index in [1.165, 1.54) is 17.4 Å². The summed E-state index contributed by atoms with van der Waals surface area (Å²) < 4.78 is 0.884. The summed E-state index contributed by atoms with van der Waals surface area (Å²) in [6.45, 7) is -0.226. The van der Waals surface area contributed by atoms with E-state index < -0.39 is 5.97 Å². The summed E-state index contributed by atoms with van der Waals surface area (Å²) in [5.74, 6) is -1.08. The van der Waals surface area contributed by atoms with Gasteiger partial charge in [-0.05, 0) is 35.9 Å². The molecule has 4 aromatic rings. The largest absolute Gasteiger partial charge is 0.478 e. The Morgan fingerprint density at radius 1 is 1.18 bits per heavy atom. The fourth-order valence-electron chi connectivity index (χ4n) is 2.93. The van der Waals surface area contributed by atoms with Crippen LogP contribution in [0.5, 0.6) is 0 Å². The zero-order chi connectivity index (χ0) is 19.7. The Balaban J connectivity index is 1.94. The number of aliphatic hydroxyl groups excluding tert-OH is 1. The summed E-state index contributed by atoms with van der Waals surface area (Å²) in [5.41, 5.74) is 3.32. The van der Waals surface area contributed by atoms with E-state index >= 15 is 0 Å². The number of thiazole rings is 1. The smallest absolute Gasteiger partial charge is 0.337 e. The van der Waals surface area contributed by atoms with Crippen molar-refractivity contribution in [2.45, 2.75) is 6.61 Å². The van der Waals surface area contributed by atoms with Crippen molar-refractivity contribution in [3.8, 4) is 10.6 Å². The second-order valence-corrected chi connectivity index (χ2v) is 7.82. The summed E-state index contributed by atoms with van der Waals surface area (Å²) >= 11 is 4.97. The summed E-state index contributed by atoms with van der Waals surface area (Å²) in [7, 11) is 0. The number of anilines is 2. The highest BCUT2D eigenvalue weighted by atomic mass is 79.9. The van der Waals surface area contributed by atoms with Crippen LogP contribution in [0.1, 0.15) is 15.9 Å². The topological polar surface area (TPSA) is 95.3 Å². The number of hydrogen-bond acceptors (Lipinski definition) is 6. The maximum atomic E-state index is 11.8. The zero-order valence-electron chi connectivity index (χ0n) is 14.4. The first-order chi connectivity index (χ1) is 13.6. The molecular formula is C20H14BrN3O3S. The lowest BCUT2D eigenvalue weighted by Gasteiger charge is -2.16. The van der Waals surface area contributed by atoms with Gasteiger partial charge in [0.05, 0.1) is 34.6 Å². The zero-order valence-corrected chi connectivity index (χ0v) is 16.8. The maximum absolute atomic E-state index is 11.8. The van der Waals surface area contributed by atoms with Gasteiger partial charge in [0, 0.05) is 27.6 Å². The highest BCUT2D eigenvalue weighted by Gasteiger charge is 2.17. The van der Waals surface area contributed by atoms with Crippen LogP contribution in [0.2, 0.25) is 0 Å². The van der Waals surface area contributed by atoms with Crippen molar-refractivity contribution in [2.24, 2.45) is 0 Å². The second-order valence-electron chi connectivity index (χ2n) is 6.01. The lowest BCUT2D eigenvalue weighted by Crippen LogP contribution is -2.05. The molecule has 0 aliphatic carbocycles. The molecule has 0 fully saturated rings. The van der Waals surface area contributed by atoms with E-state index in [0.717, 1.165) is 31.6 Å². The van der Waals surface area contributed by atoms with Crippen molar-refractivity contribution in [1.29, 1.82) is 0 Å². The van der Waals surface area contributed by atoms with E-state index in [9.17, 15) is 15.0 Å². The third kappa shape index (κ3) is 3.49. The molecule has 28 heavy (non-hydrogen) atoms. The molecule has 2 aromatic heterocycles. The number of nitrogens with zero attached hydrogens (tertiary/aromatic N) is 2. The molecule has 140 valence electrons. The third-order valence-electron chi connectivity index (χ3n) is 4.25. The minimum atomic E-state index is -1.08. The SMILES string of the molecule is O=C(O)c1cc(CO)ccc1Nc1c(-c2nccs2)cnc2ccc(Br)cc12. The van der Waals surface area contributed by atoms with Crippen LogP contribution in [0.3, 0.4) is 0 Å². The monoisotopic (exact) mass is 455 g/mol. The predicted octanol–water partition coefficient (Wildman–Crippen LogP) is 5.05. The first-order valence-electron chi connectivity index (χ1n) is 8.29. The molecule has 2 heterocycles. The van der Waals surface area contributed by atoms with Crippen LogP contribution in [0.4, 0.5) is 11.4 Å². The van der Waals surface area contributed by atoms with E-state index in [2.05, 4.69) is 31.2 Å². The van der Waals surface area contributed by atoms with Gasteiger partial charge in [-0.25, -0.2) is 9.78 Å². The van der Waals surface area contributed by atoms with Gasteiger partial charge in [-0.3, -0.25) is 4.98 Å². The summed E-state index contributed by atoms with van der Waals surface area (Å²) in [5, 5.41) is 25.7. The third-order valence-corrected chi connectivity index (χ3v) is 5.55. The summed E-state index contributed by atoms with van der Waals surface area (Å²) in [6.07, 6.45) is 3.45. The Labute approximate surface area is 172 Å². The molecule has 0 unspecified atom stereocenters. The quantitative estimate of drug-likeness (QED) is 0.389. The fourth-order valence-corrected chi connectivity index (χ4v) is 3.94. The van der Waals surface area contributed by atoms with E-state index in [-0.39, 0.29) is 12.2 Å². The number of benzene rings is 2. The second kappa shape index (κ2) is 7.67. The molecule has 0 aliphatic rings. The van der Waals surface area contributed by atoms with E-state index in [1.54, 1.807) is 24.5 Å². The van der Waals surface area contributed by atoms with Gasteiger partial charge < -0.3 is 15.5 Å². The standard InChI is InChI=1S/C20H14BrN3O3S/c21-12-2-4-16-13(8-12)18(15(9-23-16)19-22-5-6-28-19)24-17-3-1-11(10-25)7-14(17)20(26)27/h1-9,25H,10H2,(H,23,24)(H,26,27). The molecule has 3 N–H and O–H groups in total. The Morgan fingerprint density at radius 2 is 2.04 bits per heavy atom. The highest BCUT2D eigenvalue weighted by molar-refractivity contribution is 9.10. The van der Waals surface area contributed by atoms with Gasteiger partial charge >= 0.3 is 5.97 Å². The van der Waals surface area contributed by atoms with Gasteiger partial charge in [0.2, 0.25) is 0 Å². The number of hydrogen-bond donors (Lipinski definition) is 3. The Bertz CT molecular complexity index is 1180. The van der Waals surface area contributed by atoms with Gasteiger partial charge in [-0.1, -0.05) is 22.0 Å². The van der Waals surface area contributed by atoms with Gasteiger partial charge in [0.25, 0.3) is 0 Å². The first-order valence-corrected chi connectivity index (χ1v) is 9.96. The molecule has 2 aromatic carbocycles. The maximum Gasteiger partial charge on any atom is 0.337 e. The Kier molecular flexibility index (Phi) is 5.08. The van der Waals surface area contributed by atoms with Crippen molar-refractivity contribution in [1.82, 2.24) is 9.97 Å². The van der Waals surface area contributed by atoms with E-state index in [0.29, 0.717) is 11.3 Å². The Morgan fingerprint density at radius 3 is 2.75 bits per heavy atom. The van der Waals surface area contributed by atoms with Crippen LogP contribution in [0.15, 0.2) is 58.6 Å². The molecule has 4 rings (SSSR count). The lowest BCUT2D eigenvalue weighted by molar-refractivity contribution is 0.0698. The summed E-state index contributed by atoms with van der Waals surface area (Å²) in [6, 6.07) is 10.5. The van der Waals surface area contributed by atoms with E-state index in [1.807, 2.05) is 23.6 Å². The first kappa shape index (κ1) is 18.5. The van der Waals surface area contributed by atoms with Crippen LogP contribution in [-0.2, 0) is 6.61 Å². The number of pyridine rings is 1. The normalized spacial score (nSPS) is 10.9. The molecule has 0 aliphatic heterocycles. The van der Waals surface area contributed by atoms with Crippen LogP contribution in [-0.4, -0.2) is 26.2 Å². The van der Waals surface area contributed by atoms with E-state index in [4.69, 9.17) is 0 Å². The Hall–Kier alpha value is -2.81. The summed E-state index contributed by atoms with van der Waals surface area (Å²) in [4.78, 5) is 20.7. The number of halogens is 1. The number of carboxylic acid groups (broad SMARTS) is 1. The number of aliphatic hydroxyl groups is 1. The van der Waals surface area contributed by atoms with Crippen molar-refractivity contribution >= 4 is 55.5 Å². The molecule has 6 nitrogen and oxygen atoms in total. The van der Waals surface area contributed by atoms with Crippen LogP contribution < -0.4 is 5.32 Å². The number of aromatic carboxylic acids is 1. The average molecular weight is 456 g/mol. The van der Waals surface area contributed by atoms with Crippen molar-refractivity contribution in [3.63, 3.8) is 0 Å². The van der Waals surface area contributed by atoms with Gasteiger partial charge in [-0.15, -0.1) is 11.3 Å². The van der Waals surface area contributed by atoms with Gasteiger partial charge in [-0.2, -0.15) is 0 Å². The molecule has 0 saturated heterocycles. The van der Waals surface area contributed by atoms with Crippen molar-refractivity contribution < 1.29 is 15.0 Å². The minimum Gasteiger partial charge on any atom is -0.478 e. The molecule has 0 spiro atoms. The molecule has 0 saturated carbocycles. The highest BCUT2D eigenvalue weighted by Crippen LogP contribution is 2.38. The minimum absolute atomic E-state index is 0.0802. The molecule has 0 amide bonds. The number of carbonyl (C=O) groups is 1.